The first-order valence-corrected chi connectivity index (χ1v) is 8.90. The van der Waals surface area contributed by atoms with Gasteiger partial charge in [-0.05, 0) is 41.8 Å². The second-order valence-electron chi connectivity index (χ2n) is 5.18. The van der Waals surface area contributed by atoms with Gasteiger partial charge >= 0.3 is 0 Å². The monoisotopic (exact) mass is 399 g/mol. The largest absolute Gasteiger partial charge is 0.260 e. The molecule has 6 heteroatoms. The van der Waals surface area contributed by atoms with Crippen LogP contribution in [0.1, 0.15) is 16.0 Å². The van der Waals surface area contributed by atoms with Crippen molar-refractivity contribution in [2.24, 2.45) is 10.1 Å². The fraction of sp³-hybridized carbons (Fsp3) is 0. The highest BCUT2D eigenvalue weighted by Crippen LogP contribution is 2.28. The Hall–Kier alpha value is -2.31. The maximum atomic E-state index is 13.8. The summed E-state index contributed by atoms with van der Waals surface area (Å²) in [6.07, 6.45) is 0. The lowest BCUT2D eigenvalue weighted by molar-refractivity contribution is 0.627. The Bertz CT molecular complexity index is 947. The van der Waals surface area contributed by atoms with Crippen molar-refractivity contribution in [3.8, 4) is 0 Å². The van der Waals surface area contributed by atoms with Crippen LogP contribution in [0.25, 0.3) is 0 Å². The summed E-state index contributed by atoms with van der Waals surface area (Å²) in [5, 5.41) is 6.47. The van der Waals surface area contributed by atoms with Gasteiger partial charge in [0.2, 0.25) is 0 Å². The molecule has 1 aromatic heterocycles. The number of hydrogen-bond acceptors (Lipinski definition) is 4. The molecule has 2 heterocycles. The van der Waals surface area contributed by atoms with Crippen molar-refractivity contribution in [1.29, 1.82) is 0 Å². The molecule has 4 rings (SSSR count). The van der Waals surface area contributed by atoms with Crippen LogP contribution >= 0.6 is 27.3 Å². The molecular weight excluding hydrogens is 389 g/mol. The lowest BCUT2D eigenvalue weighted by Crippen LogP contribution is -2.19. The zero-order valence-electron chi connectivity index (χ0n) is 12.3. The van der Waals surface area contributed by atoms with Gasteiger partial charge in [0.1, 0.15) is 11.5 Å². The van der Waals surface area contributed by atoms with Crippen LogP contribution < -0.4 is 5.43 Å². The number of halogens is 2. The van der Waals surface area contributed by atoms with Crippen molar-refractivity contribution in [2.75, 3.05) is 0 Å². The van der Waals surface area contributed by atoms with Crippen molar-refractivity contribution in [3.05, 3.63) is 86.3 Å². The van der Waals surface area contributed by atoms with Crippen molar-refractivity contribution in [1.82, 2.24) is 5.43 Å². The number of nitrogens with zero attached hydrogens (tertiary/aromatic N) is 2. The highest BCUT2D eigenvalue weighted by atomic mass is 79.9. The van der Waals surface area contributed by atoms with Gasteiger partial charge in [0.15, 0.2) is 5.84 Å². The van der Waals surface area contributed by atoms with Gasteiger partial charge in [-0.1, -0.05) is 34.1 Å². The number of benzene rings is 2. The summed E-state index contributed by atoms with van der Waals surface area (Å²) in [4.78, 5) is 5.61. The Morgan fingerprint density at radius 3 is 2.62 bits per heavy atom. The van der Waals surface area contributed by atoms with Crippen LogP contribution in [-0.2, 0) is 0 Å². The van der Waals surface area contributed by atoms with Crippen molar-refractivity contribution in [3.63, 3.8) is 0 Å². The second kappa shape index (κ2) is 6.30. The minimum absolute atomic E-state index is 0.305. The maximum Gasteiger partial charge on any atom is 0.154 e. The Kier molecular flexibility index (Phi) is 4.00. The second-order valence-corrected chi connectivity index (χ2v) is 7.04. The summed E-state index contributed by atoms with van der Waals surface area (Å²) in [6, 6.07) is 16.3. The number of fused-ring (bicyclic) bond motifs is 1. The van der Waals surface area contributed by atoms with Crippen LogP contribution in [0.3, 0.4) is 0 Å². The lowest BCUT2D eigenvalue weighted by Gasteiger charge is -2.05. The average molecular weight is 400 g/mol. The molecule has 0 fully saturated rings. The predicted molar refractivity (Wildman–Crippen MR) is 99.8 cm³/mol. The molecule has 0 atom stereocenters. The number of hydrogen-bond donors (Lipinski definition) is 1. The van der Waals surface area contributed by atoms with Gasteiger partial charge in [-0.2, -0.15) is 5.10 Å². The van der Waals surface area contributed by atoms with Crippen LogP contribution in [-0.4, -0.2) is 11.5 Å². The Morgan fingerprint density at radius 1 is 1.04 bits per heavy atom. The number of nitrogens with one attached hydrogen (secondary N) is 1. The van der Waals surface area contributed by atoms with Crippen LogP contribution in [0, 0.1) is 5.82 Å². The van der Waals surface area contributed by atoms with Gasteiger partial charge in [0.25, 0.3) is 0 Å². The first-order chi connectivity index (χ1) is 11.7. The van der Waals surface area contributed by atoms with Gasteiger partial charge in [-0.15, -0.1) is 11.3 Å². The van der Waals surface area contributed by atoms with Gasteiger partial charge in [-0.3, -0.25) is 5.43 Å². The van der Waals surface area contributed by atoms with Gasteiger partial charge in [0.05, 0.1) is 10.6 Å². The van der Waals surface area contributed by atoms with Gasteiger partial charge in [0, 0.05) is 15.6 Å². The van der Waals surface area contributed by atoms with E-state index in [0.717, 1.165) is 14.9 Å². The first-order valence-electron chi connectivity index (χ1n) is 7.23. The minimum atomic E-state index is -0.305. The summed E-state index contributed by atoms with van der Waals surface area (Å²) >= 11 is 4.98. The molecule has 1 aliphatic heterocycles. The van der Waals surface area contributed by atoms with E-state index in [1.165, 1.54) is 12.1 Å². The summed E-state index contributed by atoms with van der Waals surface area (Å²) in [5.74, 6) is 0.321. The number of rotatable bonds is 2. The average Bonchev–Trinajstić information content (AvgIpc) is 3.04. The standard InChI is InChI=1S/C18H11BrFN3S/c19-12-5-3-11(4-6-12)18-21-15-8-7-13(20)10-14(15)17(22-23-18)16-2-1-9-24-16/h1-10H,(H,21,23). The molecule has 0 saturated heterocycles. The highest BCUT2D eigenvalue weighted by Gasteiger charge is 2.18. The minimum Gasteiger partial charge on any atom is -0.260 e. The van der Waals surface area contributed by atoms with Crippen molar-refractivity contribution in [2.45, 2.75) is 0 Å². The van der Waals surface area contributed by atoms with E-state index in [1.54, 1.807) is 17.4 Å². The van der Waals surface area contributed by atoms with Crippen LogP contribution in [0.4, 0.5) is 10.1 Å². The van der Waals surface area contributed by atoms with E-state index >= 15 is 0 Å². The quantitative estimate of drug-likeness (QED) is 0.640. The topological polar surface area (TPSA) is 36.8 Å². The SMILES string of the molecule is Fc1ccc2c(c1)C(c1cccs1)=NNC(c1ccc(Br)cc1)=N2. The van der Waals surface area contributed by atoms with Crippen LogP contribution in [0.2, 0.25) is 0 Å². The zero-order valence-corrected chi connectivity index (χ0v) is 14.7. The molecule has 3 aromatic rings. The van der Waals surface area contributed by atoms with Crippen LogP contribution in [0.5, 0.6) is 0 Å². The van der Waals surface area contributed by atoms with E-state index in [0.29, 0.717) is 22.8 Å². The van der Waals surface area contributed by atoms with Gasteiger partial charge in [-0.25, -0.2) is 9.38 Å². The smallest absolute Gasteiger partial charge is 0.154 e. The Morgan fingerprint density at radius 2 is 1.88 bits per heavy atom. The molecule has 118 valence electrons. The number of amidine groups is 1. The summed E-state index contributed by atoms with van der Waals surface area (Å²) in [7, 11) is 0. The number of thiophene rings is 1. The van der Waals surface area contributed by atoms with Crippen LogP contribution in [0.15, 0.2) is 74.5 Å². The van der Waals surface area contributed by atoms with E-state index in [4.69, 9.17) is 0 Å². The lowest BCUT2D eigenvalue weighted by atomic mass is 10.1. The summed E-state index contributed by atoms with van der Waals surface area (Å²) in [6.45, 7) is 0. The fourth-order valence-corrected chi connectivity index (χ4v) is 3.44. The van der Waals surface area contributed by atoms with E-state index in [2.05, 4.69) is 31.4 Å². The molecule has 2 aromatic carbocycles. The predicted octanol–water partition coefficient (Wildman–Crippen LogP) is 5.08. The molecular formula is C18H11BrFN3S. The third-order valence-corrected chi connectivity index (χ3v) is 5.00. The first kappa shape index (κ1) is 15.2. The molecule has 3 nitrogen and oxygen atoms in total. The molecule has 24 heavy (non-hydrogen) atoms. The molecule has 0 unspecified atom stereocenters. The summed E-state index contributed by atoms with van der Waals surface area (Å²) in [5.41, 5.74) is 5.99. The summed E-state index contributed by atoms with van der Waals surface area (Å²) < 4.78 is 14.8. The third-order valence-electron chi connectivity index (χ3n) is 3.59. The molecule has 0 radical (unpaired) electrons. The maximum absolute atomic E-state index is 13.8. The highest BCUT2D eigenvalue weighted by molar-refractivity contribution is 9.10. The van der Waals surface area contributed by atoms with Gasteiger partial charge < -0.3 is 0 Å². The molecule has 0 aliphatic carbocycles. The van der Waals surface area contributed by atoms with E-state index < -0.39 is 0 Å². The van der Waals surface area contributed by atoms with Crippen molar-refractivity contribution >= 4 is 44.5 Å². The zero-order chi connectivity index (χ0) is 16.5. The normalized spacial score (nSPS) is 13.4. The number of aliphatic imine (C=N–C) groups is 1. The van der Waals surface area contributed by atoms with E-state index in [1.807, 2.05) is 41.8 Å². The molecule has 0 amide bonds. The number of hydrazone groups is 1. The molecule has 0 bridgehead atoms. The Balaban J connectivity index is 1.87. The van der Waals surface area contributed by atoms with Crippen molar-refractivity contribution < 1.29 is 4.39 Å². The molecule has 1 aliphatic rings. The van der Waals surface area contributed by atoms with E-state index in [9.17, 15) is 4.39 Å². The molecule has 0 spiro atoms. The third kappa shape index (κ3) is 2.90. The van der Waals surface area contributed by atoms with E-state index in [-0.39, 0.29) is 5.82 Å². The molecule has 0 saturated carbocycles. The fourth-order valence-electron chi connectivity index (χ4n) is 2.45. The Labute approximate surface area is 150 Å². The molecule has 1 N–H and O–H groups in total.